The third-order valence-corrected chi connectivity index (χ3v) is 2.47. The van der Waals surface area contributed by atoms with Crippen LogP contribution in [0.25, 0.3) is 0 Å². The molecule has 0 aliphatic carbocycles. The van der Waals surface area contributed by atoms with E-state index >= 15 is 0 Å². The normalized spacial score (nSPS) is 10.6. The van der Waals surface area contributed by atoms with Crippen LogP contribution in [0.3, 0.4) is 0 Å². The van der Waals surface area contributed by atoms with E-state index in [4.69, 9.17) is 0 Å². The van der Waals surface area contributed by atoms with E-state index in [1.54, 1.807) is 18.3 Å². The molecule has 0 radical (unpaired) electrons. The zero-order valence-electron chi connectivity index (χ0n) is 9.22. The first-order chi connectivity index (χ1) is 7.75. The Kier molecular flexibility index (Phi) is 3.22. The number of phenols is 1. The molecule has 2 rings (SSSR count). The highest BCUT2D eigenvalue weighted by atomic mass is 16.3. The molecular weight excluding hydrogens is 202 g/mol. The fraction of sp³-hybridized carbons (Fsp3) is 0.250. The molecule has 1 heterocycles. The number of phenolic OH excluding ortho intramolecular Hbond substituents is 1. The molecule has 0 aliphatic heterocycles. The summed E-state index contributed by atoms with van der Waals surface area (Å²) in [5, 5.41) is 16.7. The minimum absolute atomic E-state index is 0.305. The van der Waals surface area contributed by atoms with Crippen LogP contribution in [-0.2, 0) is 20.1 Å². The molecule has 2 N–H and O–H groups in total. The highest BCUT2D eigenvalue weighted by Crippen LogP contribution is 2.10. The summed E-state index contributed by atoms with van der Waals surface area (Å²) in [5.41, 5.74) is 2.21. The zero-order valence-corrected chi connectivity index (χ0v) is 9.22. The molecule has 0 saturated carbocycles. The van der Waals surface area contributed by atoms with Gasteiger partial charge in [-0.05, 0) is 23.8 Å². The highest BCUT2D eigenvalue weighted by molar-refractivity contribution is 5.26. The maximum atomic E-state index is 9.30. The van der Waals surface area contributed by atoms with Crippen molar-refractivity contribution in [2.24, 2.45) is 7.05 Å². The maximum Gasteiger partial charge on any atom is 0.115 e. The number of benzene rings is 1. The fourth-order valence-corrected chi connectivity index (χ4v) is 1.58. The summed E-state index contributed by atoms with van der Waals surface area (Å²) < 4.78 is 1.84. The van der Waals surface area contributed by atoms with Gasteiger partial charge in [-0.15, -0.1) is 0 Å². The molecule has 1 aromatic heterocycles. The lowest BCUT2D eigenvalue weighted by Gasteiger charge is -2.05. The third kappa shape index (κ3) is 2.61. The van der Waals surface area contributed by atoms with E-state index in [2.05, 4.69) is 10.4 Å². The standard InChI is InChI=1S/C12H15N3O/c1-15-11(5-6-14-15)9-13-8-10-3-2-4-12(16)7-10/h2-7,13,16H,8-9H2,1H3. The Morgan fingerprint density at radius 1 is 1.31 bits per heavy atom. The van der Waals surface area contributed by atoms with E-state index in [0.29, 0.717) is 5.75 Å². The number of hydrogen-bond acceptors (Lipinski definition) is 3. The molecule has 0 spiro atoms. The molecule has 0 atom stereocenters. The predicted molar refractivity (Wildman–Crippen MR) is 61.9 cm³/mol. The van der Waals surface area contributed by atoms with Crippen LogP contribution in [0, 0.1) is 0 Å². The van der Waals surface area contributed by atoms with Crippen LogP contribution in [0.1, 0.15) is 11.3 Å². The Bertz CT molecular complexity index is 465. The van der Waals surface area contributed by atoms with Crippen molar-refractivity contribution < 1.29 is 5.11 Å². The summed E-state index contributed by atoms with van der Waals surface area (Å²) in [6.45, 7) is 1.51. The van der Waals surface area contributed by atoms with Gasteiger partial charge in [0, 0.05) is 26.3 Å². The van der Waals surface area contributed by atoms with Crippen LogP contribution in [0.4, 0.5) is 0 Å². The van der Waals surface area contributed by atoms with Gasteiger partial charge in [-0.2, -0.15) is 5.10 Å². The average Bonchev–Trinajstić information content (AvgIpc) is 2.65. The monoisotopic (exact) mass is 217 g/mol. The number of aryl methyl sites for hydroxylation is 1. The van der Waals surface area contributed by atoms with E-state index in [1.807, 2.05) is 29.9 Å². The van der Waals surface area contributed by atoms with Crippen molar-refractivity contribution in [2.45, 2.75) is 13.1 Å². The summed E-state index contributed by atoms with van der Waals surface area (Å²) in [7, 11) is 1.92. The molecule has 2 aromatic rings. The fourth-order valence-electron chi connectivity index (χ4n) is 1.58. The van der Waals surface area contributed by atoms with Crippen LogP contribution in [0.5, 0.6) is 5.75 Å². The first-order valence-electron chi connectivity index (χ1n) is 5.21. The van der Waals surface area contributed by atoms with Gasteiger partial charge in [-0.1, -0.05) is 12.1 Å². The topological polar surface area (TPSA) is 50.1 Å². The van der Waals surface area contributed by atoms with E-state index < -0.39 is 0 Å². The van der Waals surface area contributed by atoms with Crippen molar-refractivity contribution in [1.82, 2.24) is 15.1 Å². The van der Waals surface area contributed by atoms with Gasteiger partial charge >= 0.3 is 0 Å². The second kappa shape index (κ2) is 4.81. The molecular formula is C12H15N3O. The van der Waals surface area contributed by atoms with E-state index in [9.17, 15) is 5.11 Å². The molecule has 1 aromatic carbocycles. The Balaban J connectivity index is 1.87. The Hall–Kier alpha value is -1.81. The lowest BCUT2D eigenvalue weighted by Crippen LogP contribution is -2.15. The van der Waals surface area contributed by atoms with Crippen LogP contribution in [0.15, 0.2) is 36.5 Å². The van der Waals surface area contributed by atoms with Crippen molar-refractivity contribution in [2.75, 3.05) is 0 Å². The number of nitrogens with one attached hydrogen (secondary N) is 1. The summed E-state index contributed by atoms with van der Waals surface area (Å²) in [5.74, 6) is 0.305. The number of nitrogens with zero attached hydrogens (tertiary/aromatic N) is 2. The highest BCUT2D eigenvalue weighted by Gasteiger charge is 1.98. The molecule has 0 aliphatic rings. The number of aromatic nitrogens is 2. The quantitative estimate of drug-likeness (QED) is 0.814. The molecule has 0 unspecified atom stereocenters. The van der Waals surface area contributed by atoms with Crippen LogP contribution >= 0.6 is 0 Å². The summed E-state index contributed by atoms with van der Waals surface area (Å²) in [6, 6.07) is 9.24. The first kappa shape index (κ1) is 10.7. The largest absolute Gasteiger partial charge is 0.508 e. The minimum atomic E-state index is 0.305. The SMILES string of the molecule is Cn1nccc1CNCc1cccc(O)c1. The van der Waals surface area contributed by atoms with Crippen molar-refractivity contribution in [3.63, 3.8) is 0 Å². The second-order valence-corrected chi connectivity index (χ2v) is 3.72. The lowest BCUT2D eigenvalue weighted by molar-refractivity contribution is 0.474. The molecule has 0 amide bonds. The van der Waals surface area contributed by atoms with Gasteiger partial charge in [0.1, 0.15) is 5.75 Å². The van der Waals surface area contributed by atoms with Gasteiger partial charge in [-0.3, -0.25) is 4.68 Å². The molecule has 4 heteroatoms. The average molecular weight is 217 g/mol. The molecule has 0 saturated heterocycles. The molecule has 0 bridgehead atoms. The Morgan fingerprint density at radius 3 is 2.88 bits per heavy atom. The second-order valence-electron chi connectivity index (χ2n) is 3.72. The minimum Gasteiger partial charge on any atom is -0.508 e. The van der Waals surface area contributed by atoms with Crippen LogP contribution in [-0.4, -0.2) is 14.9 Å². The third-order valence-electron chi connectivity index (χ3n) is 2.47. The number of aromatic hydroxyl groups is 1. The van der Waals surface area contributed by atoms with Gasteiger partial charge in [-0.25, -0.2) is 0 Å². The van der Waals surface area contributed by atoms with Crippen molar-refractivity contribution >= 4 is 0 Å². The summed E-state index contributed by atoms with van der Waals surface area (Å²) >= 11 is 0. The summed E-state index contributed by atoms with van der Waals surface area (Å²) in [6.07, 6.45) is 1.78. The van der Waals surface area contributed by atoms with Crippen LogP contribution in [0.2, 0.25) is 0 Å². The van der Waals surface area contributed by atoms with Gasteiger partial charge in [0.05, 0.1) is 5.69 Å². The molecule has 84 valence electrons. The molecule has 16 heavy (non-hydrogen) atoms. The van der Waals surface area contributed by atoms with E-state index in [1.165, 1.54) is 0 Å². The maximum absolute atomic E-state index is 9.30. The van der Waals surface area contributed by atoms with Gasteiger partial charge in [0.25, 0.3) is 0 Å². The predicted octanol–water partition coefficient (Wildman–Crippen LogP) is 1.42. The smallest absolute Gasteiger partial charge is 0.115 e. The molecule has 0 fully saturated rings. The lowest BCUT2D eigenvalue weighted by atomic mass is 10.2. The zero-order chi connectivity index (χ0) is 11.4. The van der Waals surface area contributed by atoms with E-state index in [0.717, 1.165) is 24.3 Å². The van der Waals surface area contributed by atoms with Gasteiger partial charge in [0.2, 0.25) is 0 Å². The van der Waals surface area contributed by atoms with Crippen molar-refractivity contribution in [3.8, 4) is 5.75 Å². The molecule has 4 nitrogen and oxygen atoms in total. The Labute approximate surface area is 94.5 Å². The van der Waals surface area contributed by atoms with Crippen molar-refractivity contribution in [3.05, 3.63) is 47.8 Å². The number of rotatable bonds is 4. The number of hydrogen-bond donors (Lipinski definition) is 2. The van der Waals surface area contributed by atoms with Crippen molar-refractivity contribution in [1.29, 1.82) is 0 Å². The van der Waals surface area contributed by atoms with E-state index in [-0.39, 0.29) is 0 Å². The summed E-state index contributed by atoms with van der Waals surface area (Å²) in [4.78, 5) is 0. The van der Waals surface area contributed by atoms with Gasteiger partial charge in [0.15, 0.2) is 0 Å². The van der Waals surface area contributed by atoms with Gasteiger partial charge < -0.3 is 10.4 Å². The Morgan fingerprint density at radius 2 is 2.19 bits per heavy atom. The van der Waals surface area contributed by atoms with Crippen LogP contribution < -0.4 is 5.32 Å². The first-order valence-corrected chi connectivity index (χ1v) is 5.21.